The number of nitrogens with one attached hydrogen (secondary N) is 1. The molecule has 1 fully saturated rings. The smallest absolute Gasteiger partial charge is 0.321 e. The molecule has 9 heteroatoms. The standard InChI is InChI=1S/C19H24N8O/c1-14-20-8-11-27(14)13-15-6-9-26(10-7-15)19(28)21-17-5-3-4-16(12-17)18-22-24-25(2)23-18/h3-5,8,11-12,15H,6-7,9-10,13H2,1-2H3,(H,21,28). The molecule has 0 atom stereocenters. The molecular formula is C19H24N8O. The Kier molecular flexibility index (Phi) is 5.05. The first-order valence-electron chi connectivity index (χ1n) is 9.46. The summed E-state index contributed by atoms with van der Waals surface area (Å²) < 4.78 is 2.19. The largest absolute Gasteiger partial charge is 0.335 e. The van der Waals surface area contributed by atoms with E-state index < -0.39 is 0 Å². The van der Waals surface area contributed by atoms with Crippen molar-refractivity contribution in [1.82, 2.24) is 34.7 Å². The maximum Gasteiger partial charge on any atom is 0.321 e. The number of imidazole rings is 1. The van der Waals surface area contributed by atoms with Crippen molar-refractivity contribution >= 4 is 11.7 Å². The highest BCUT2D eigenvalue weighted by atomic mass is 16.2. The van der Waals surface area contributed by atoms with Crippen LogP contribution in [0, 0.1) is 12.8 Å². The van der Waals surface area contributed by atoms with Gasteiger partial charge < -0.3 is 14.8 Å². The number of nitrogens with zero attached hydrogens (tertiary/aromatic N) is 7. The number of urea groups is 1. The van der Waals surface area contributed by atoms with Gasteiger partial charge in [0.25, 0.3) is 0 Å². The molecule has 0 aliphatic carbocycles. The highest BCUT2D eigenvalue weighted by Gasteiger charge is 2.23. The molecule has 2 aromatic heterocycles. The second kappa shape index (κ2) is 7.79. The second-order valence-corrected chi connectivity index (χ2v) is 7.17. The Balaban J connectivity index is 1.33. The van der Waals surface area contributed by atoms with Crippen molar-refractivity contribution in [3.63, 3.8) is 0 Å². The number of aryl methyl sites for hydroxylation is 2. The van der Waals surface area contributed by atoms with Gasteiger partial charge in [0.1, 0.15) is 5.82 Å². The van der Waals surface area contributed by atoms with Gasteiger partial charge in [-0.3, -0.25) is 0 Å². The minimum Gasteiger partial charge on any atom is -0.335 e. The van der Waals surface area contributed by atoms with Crippen LogP contribution in [-0.4, -0.2) is 53.8 Å². The van der Waals surface area contributed by atoms with Crippen LogP contribution in [0.25, 0.3) is 11.4 Å². The number of tetrazole rings is 1. The van der Waals surface area contributed by atoms with Gasteiger partial charge in [0.05, 0.1) is 7.05 Å². The fourth-order valence-corrected chi connectivity index (χ4v) is 3.53. The minimum atomic E-state index is -0.0680. The molecule has 0 radical (unpaired) electrons. The van der Waals surface area contributed by atoms with Crippen molar-refractivity contribution in [1.29, 1.82) is 0 Å². The van der Waals surface area contributed by atoms with E-state index in [1.54, 1.807) is 7.05 Å². The summed E-state index contributed by atoms with van der Waals surface area (Å²) in [6.07, 6.45) is 5.85. The fourth-order valence-electron chi connectivity index (χ4n) is 3.53. The number of hydrogen-bond acceptors (Lipinski definition) is 5. The van der Waals surface area contributed by atoms with E-state index >= 15 is 0 Å². The number of aromatic nitrogens is 6. The van der Waals surface area contributed by atoms with Gasteiger partial charge in [-0.2, -0.15) is 4.80 Å². The monoisotopic (exact) mass is 380 g/mol. The molecule has 146 valence electrons. The van der Waals surface area contributed by atoms with E-state index in [-0.39, 0.29) is 6.03 Å². The van der Waals surface area contributed by atoms with Crippen molar-refractivity contribution < 1.29 is 4.79 Å². The van der Waals surface area contributed by atoms with Crippen molar-refractivity contribution in [2.75, 3.05) is 18.4 Å². The molecule has 3 heterocycles. The van der Waals surface area contributed by atoms with Crippen LogP contribution in [0.3, 0.4) is 0 Å². The van der Waals surface area contributed by atoms with Gasteiger partial charge in [0, 0.05) is 43.3 Å². The normalized spacial score (nSPS) is 15.0. The molecule has 2 amide bonds. The van der Waals surface area contributed by atoms with E-state index in [9.17, 15) is 4.79 Å². The first-order chi connectivity index (χ1) is 13.6. The number of hydrogen-bond donors (Lipinski definition) is 1. The quantitative estimate of drug-likeness (QED) is 0.750. The molecule has 4 rings (SSSR count). The SMILES string of the molecule is Cc1nccn1CC1CCN(C(=O)Nc2cccc(-c3nnn(C)n3)c2)CC1. The highest BCUT2D eigenvalue weighted by molar-refractivity contribution is 5.90. The molecule has 0 spiro atoms. The van der Waals surface area contributed by atoms with E-state index in [0.717, 1.165) is 49.6 Å². The summed E-state index contributed by atoms with van der Waals surface area (Å²) in [7, 11) is 1.72. The average molecular weight is 380 g/mol. The number of piperidine rings is 1. The van der Waals surface area contributed by atoms with Crippen LogP contribution < -0.4 is 5.32 Å². The van der Waals surface area contributed by atoms with Gasteiger partial charge in [0.15, 0.2) is 0 Å². The average Bonchev–Trinajstić information content (AvgIpc) is 3.31. The van der Waals surface area contributed by atoms with Crippen LogP contribution in [0.4, 0.5) is 10.5 Å². The lowest BCUT2D eigenvalue weighted by atomic mass is 9.97. The summed E-state index contributed by atoms with van der Waals surface area (Å²) in [4.78, 5) is 20.2. The summed E-state index contributed by atoms with van der Waals surface area (Å²) >= 11 is 0. The van der Waals surface area contributed by atoms with Gasteiger partial charge >= 0.3 is 6.03 Å². The van der Waals surface area contributed by atoms with Crippen LogP contribution in [0.5, 0.6) is 0 Å². The third-order valence-corrected chi connectivity index (χ3v) is 5.16. The molecule has 1 aliphatic heterocycles. The first kappa shape index (κ1) is 18.1. The van der Waals surface area contributed by atoms with Gasteiger partial charge in [-0.15, -0.1) is 10.2 Å². The molecule has 28 heavy (non-hydrogen) atoms. The fraction of sp³-hybridized carbons (Fsp3) is 0.421. The van der Waals surface area contributed by atoms with E-state index in [1.807, 2.05) is 48.5 Å². The topological polar surface area (TPSA) is 93.8 Å². The Hall–Kier alpha value is -3.23. The van der Waals surface area contributed by atoms with Crippen LogP contribution in [0.1, 0.15) is 18.7 Å². The summed E-state index contributed by atoms with van der Waals surface area (Å²) in [6, 6.07) is 7.44. The van der Waals surface area contributed by atoms with Crippen LogP contribution in [-0.2, 0) is 13.6 Å². The zero-order valence-corrected chi connectivity index (χ0v) is 16.1. The number of carbonyl (C=O) groups is 1. The van der Waals surface area contributed by atoms with Crippen molar-refractivity contribution in [3.05, 3.63) is 42.5 Å². The van der Waals surface area contributed by atoms with E-state index in [4.69, 9.17) is 0 Å². The summed E-state index contributed by atoms with van der Waals surface area (Å²) in [5, 5.41) is 15.1. The third-order valence-electron chi connectivity index (χ3n) is 5.16. The third kappa shape index (κ3) is 4.03. The van der Waals surface area contributed by atoms with Gasteiger partial charge in [-0.1, -0.05) is 12.1 Å². The number of anilines is 1. The maximum absolute atomic E-state index is 12.6. The number of likely N-dealkylation sites (tertiary alicyclic amines) is 1. The minimum absolute atomic E-state index is 0.0680. The highest BCUT2D eigenvalue weighted by Crippen LogP contribution is 2.22. The van der Waals surface area contributed by atoms with E-state index in [2.05, 4.69) is 30.3 Å². The van der Waals surface area contributed by atoms with Crippen molar-refractivity contribution in [2.45, 2.75) is 26.3 Å². The Morgan fingerprint density at radius 2 is 2.11 bits per heavy atom. The molecule has 0 bridgehead atoms. The predicted octanol–water partition coefficient (Wildman–Crippen LogP) is 2.33. The summed E-state index contributed by atoms with van der Waals surface area (Å²) in [5.74, 6) is 2.15. The van der Waals surface area contributed by atoms with Crippen LogP contribution in [0.15, 0.2) is 36.7 Å². The lowest BCUT2D eigenvalue weighted by molar-refractivity contribution is 0.176. The lowest BCUT2D eigenvalue weighted by Gasteiger charge is -2.32. The van der Waals surface area contributed by atoms with Gasteiger partial charge in [0.2, 0.25) is 5.82 Å². The Morgan fingerprint density at radius 1 is 1.29 bits per heavy atom. The number of rotatable bonds is 4. The summed E-state index contributed by atoms with van der Waals surface area (Å²) in [6.45, 7) is 4.51. The molecule has 1 aromatic carbocycles. The molecule has 0 saturated carbocycles. The molecular weight excluding hydrogens is 356 g/mol. The zero-order chi connectivity index (χ0) is 19.5. The Bertz CT molecular complexity index is 954. The summed E-state index contributed by atoms with van der Waals surface area (Å²) in [5.41, 5.74) is 1.55. The molecule has 0 unspecified atom stereocenters. The molecule has 3 aromatic rings. The van der Waals surface area contributed by atoms with Crippen LogP contribution >= 0.6 is 0 Å². The Labute approximate surface area is 163 Å². The van der Waals surface area contributed by atoms with Gasteiger partial charge in [-0.05, 0) is 43.0 Å². The number of amides is 2. The molecule has 1 aliphatic rings. The van der Waals surface area contributed by atoms with E-state index in [0.29, 0.717) is 11.7 Å². The van der Waals surface area contributed by atoms with Crippen LogP contribution in [0.2, 0.25) is 0 Å². The van der Waals surface area contributed by atoms with Gasteiger partial charge in [-0.25, -0.2) is 9.78 Å². The molecule has 1 N–H and O–H groups in total. The lowest BCUT2D eigenvalue weighted by Crippen LogP contribution is -2.41. The number of carbonyl (C=O) groups excluding carboxylic acids is 1. The second-order valence-electron chi connectivity index (χ2n) is 7.17. The predicted molar refractivity (Wildman–Crippen MR) is 105 cm³/mol. The molecule has 1 saturated heterocycles. The van der Waals surface area contributed by atoms with Crippen molar-refractivity contribution in [3.8, 4) is 11.4 Å². The van der Waals surface area contributed by atoms with E-state index in [1.165, 1.54) is 4.80 Å². The zero-order valence-electron chi connectivity index (χ0n) is 16.1. The first-order valence-corrected chi connectivity index (χ1v) is 9.46. The van der Waals surface area contributed by atoms with Crippen molar-refractivity contribution in [2.24, 2.45) is 13.0 Å². The molecule has 9 nitrogen and oxygen atoms in total. The number of benzene rings is 1. The maximum atomic E-state index is 12.6. The Morgan fingerprint density at radius 3 is 2.79 bits per heavy atom.